The van der Waals surface area contributed by atoms with Gasteiger partial charge in [-0.3, -0.25) is 0 Å². The number of urea groups is 1. The van der Waals surface area contributed by atoms with Crippen LogP contribution in [-0.4, -0.2) is 43.8 Å². The maximum absolute atomic E-state index is 11.8. The lowest BCUT2D eigenvalue weighted by atomic mass is 10.2. The van der Waals surface area contributed by atoms with E-state index in [9.17, 15) is 4.79 Å². The van der Waals surface area contributed by atoms with Crippen molar-refractivity contribution in [3.8, 4) is 0 Å². The number of nitrogens with zero attached hydrogens (tertiary/aromatic N) is 1. The molecule has 0 spiro atoms. The van der Waals surface area contributed by atoms with Crippen molar-refractivity contribution in [1.29, 1.82) is 0 Å². The number of amides is 2. The fourth-order valence-electron chi connectivity index (χ4n) is 1.87. The van der Waals surface area contributed by atoms with Gasteiger partial charge in [-0.25, -0.2) is 4.79 Å². The van der Waals surface area contributed by atoms with Gasteiger partial charge in [0.05, 0.1) is 12.6 Å². The van der Waals surface area contributed by atoms with Gasteiger partial charge in [0.1, 0.15) is 0 Å². The SMILES string of the molecule is COCC(C)NC(=O)N1CCCCCC1. The summed E-state index contributed by atoms with van der Waals surface area (Å²) < 4.78 is 4.98. The standard InChI is InChI=1S/C11H22N2O2/c1-10(9-15-2)12-11(14)13-7-5-3-4-6-8-13/h10H,3-9H2,1-2H3,(H,12,14). The summed E-state index contributed by atoms with van der Waals surface area (Å²) in [7, 11) is 1.65. The Bertz CT molecular complexity index is 189. The second kappa shape index (κ2) is 6.67. The summed E-state index contributed by atoms with van der Waals surface area (Å²) in [4.78, 5) is 13.7. The Morgan fingerprint density at radius 1 is 1.33 bits per heavy atom. The molecule has 4 nitrogen and oxygen atoms in total. The molecular formula is C11H22N2O2. The van der Waals surface area contributed by atoms with Gasteiger partial charge in [-0.15, -0.1) is 0 Å². The third-order valence-electron chi connectivity index (χ3n) is 2.68. The van der Waals surface area contributed by atoms with Crippen LogP contribution in [0.2, 0.25) is 0 Å². The Morgan fingerprint density at radius 3 is 2.47 bits per heavy atom. The average Bonchev–Trinajstić information content (AvgIpc) is 2.45. The van der Waals surface area contributed by atoms with Crippen LogP contribution in [0.1, 0.15) is 32.6 Å². The molecule has 1 saturated heterocycles. The summed E-state index contributed by atoms with van der Waals surface area (Å²) in [5.74, 6) is 0. The maximum Gasteiger partial charge on any atom is 0.317 e. The number of hydrogen-bond donors (Lipinski definition) is 1. The zero-order valence-electron chi connectivity index (χ0n) is 9.79. The highest BCUT2D eigenvalue weighted by atomic mass is 16.5. The molecule has 0 aromatic carbocycles. The molecule has 0 radical (unpaired) electrons. The smallest absolute Gasteiger partial charge is 0.317 e. The van der Waals surface area contributed by atoms with Crippen LogP contribution < -0.4 is 5.32 Å². The van der Waals surface area contributed by atoms with Gasteiger partial charge in [-0.05, 0) is 19.8 Å². The quantitative estimate of drug-likeness (QED) is 0.775. The summed E-state index contributed by atoms with van der Waals surface area (Å²) in [6, 6.07) is 0.146. The normalized spacial score (nSPS) is 19.5. The molecule has 1 N–H and O–H groups in total. The molecule has 0 saturated carbocycles. The number of carbonyl (C=O) groups is 1. The van der Waals surface area contributed by atoms with Crippen LogP contribution in [0.25, 0.3) is 0 Å². The van der Waals surface area contributed by atoms with Gasteiger partial charge in [0, 0.05) is 20.2 Å². The van der Waals surface area contributed by atoms with E-state index in [-0.39, 0.29) is 12.1 Å². The molecular weight excluding hydrogens is 192 g/mol. The first-order chi connectivity index (χ1) is 7.24. The van der Waals surface area contributed by atoms with Crippen LogP contribution in [0, 0.1) is 0 Å². The molecule has 1 fully saturated rings. The Morgan fingerprint density at radius 2 is 1.93 bits per heavy atom. The fourth-order valence-corrected chi connectivity index (χ4v) is 1.87. The van der Waals surface area contributed by atoms with Crippen molar-refractivity contribution in [2.75, 3.05) is 26.8 Å². The predicted molar refractivity (Wildman–Crippen MR) is 59.9 cm³/mol. The zero-order valence-corrected chi connectivity index (χ0v) is 9.79. The fraction of sp³-hybridized carbons (Fsp3) is 0.909. The van der Waals surface area contributed by atoms with Gasteiger partial charge in [0.2, 0.25) is 0 Å². The second-order valence-electron chi connectivity index (χ2n) is 4.21. The van der Waals surface area contributed by atoms with Crippen molar-refractivity contribution in [3.05, 3.63) is 0 Å². The predicted octanol–water partition coefficient (Wildman–Crippen LogP) is 1.61. The molecule has 15 heavy (non-hydrogen) atoms. The molecule has 1 aliphatic heterocycles. The lowest BCUT2D eigenvalue weighted by Crippen LogP contribution is -2.45. The lowest BCUT2D eigenvalue weighted by Gasteiger charge is -2.23. The molecule has 0 aromatic heterocycles. The summed E-state index contributed by atoms with van der Waals surface area (Å²) in [6.45, 7) is 4.32. The summed E-state index contributed by atoms with van der Waals surface area (Å²) >= 11 is 0. The molecule has 0 aliphatic carbocycles. The van der Waals surface area contributed by atoms with E-state index in [4.69, 9.17) is 4.74 Å². The number of hydrogen-bond acceptors (Lipinski definition) is 2. The van der Waals surface area contributed by atoms with Gasteiger partial charge in [0.15, 0.2) is 0 Å². The van der Waals surface area contributed by atoms with E-state index in [0.717, 1.165) is 25.9 Å². The van der Waals surface area contributed by atoms with Crippen molar-refractivity contribution in [3.63, 3.8) is 0 Å². The van der Waals surface area contributed by atoms with Crippen molar-refractivity contribution in [1.82, 2.24) is 10.2 Å². The Hall–Kier alpha value is -0.770. The average molecular weight is 214 g/mol. The van der Waals surface area contributed by atoms with E-state index < -0.39 is 0 Å². The van der Waals surface area contributed by atoms with Crippen LogP contribution in [0.5, 0.6) is 0 Å². The van der Waals surface area contributed by atoms with Crippen molar-refractivity contribution >= 4 is 6.03 Å². The number of methoxy groups -OCH3 is 1. The van der Waals surface area contributed by atoms with Crippen LogP contribution in [0.3, 0.4) is 0 Å². The Kier molecular flexibility index (Phi) is 5.47. The molecule has 88 valence electrons. The summed E-state index contributed by atoms with van der Waals surface area (Å²) in [5, 5.41) is 2.94. The second-order valence-corrected chi connectivity index (χ2v) is 4.21. The van der Waals surface area contributed by atoms with Gasteiger partial charge in [-0.2, -0.15) is 0 Å². The molecule has 1 rings (SSSR count). The minimum Gasteiger partial charge on any atom is -0.383 e. The molecule has 1 heterocycles. The first kappa shape index (κ1) is 12.3. The van der Waals surface area contributed by atoms with Crippen LogP contribution in [0.4, 0.5) is 4.79 Å². The van der Waals surface area contributed by atoms with E-state index in [1.807, 2.05) is 11.8 Å². The van der Waals surface area contributed by atoms with Crippen LogP contribution in [0.15, 0.2) is 0 Å². The highest BCUT2D eigenvalue weighted by Crippen LogP contribution is 2.09. The van der Waals surface area contributed by atoms with Gasteiger partial charge in [0.25, 0.3) is 0 Å². The first-order valence-corrected chi connectivity index (χ1v) is 5.78. The Balaban J connectivity index is 2.30. The van der Waals surface area contributed by atoms with Gasteiger partial charge >= 0.3 is 6.03 Å². The van der Waals surface area contributed by atoms with Crippen molar-refractivity contribution < 1.29 is 9.53 Å². The number of rotatable bonds is 3. The monoisotopic (exact) mass is 214 g/mol. The molecule has 1 aliphatic rings. The lowest BCUT2D eigenvalue weighted by molar-refractivity contribution is 0.160. The van der Waals surface area contributed by atoms with E-state index in [0.29, 0.717) is 6.61 Å². The van der Waals surface area contributed by atoms with Crippen molar-refractivity contribution in [2.45, 2.75) is 38.6 Å². The third-order valence-corrected chi connectivity index (χ3v) is 2.68. The Labute approximate surface area is 92.0 Å². The largest absolute Gasteiger partial charge is 0.383 e. The van der Waals surface area contributed by atoms with Crippen molar-refractivity contribution in [2.24, 2.45) is 0 Å². The molecule has 2 amide bonds. The summed E-state index contributed by atoms with van der Waals surface area (Å²) in [5.41, 5.74) is 0. The molecule has 1 atom stereocenters. The highest BCUT2D eigenvalue weighted by Gasteiger charge is 2.16. The third kappa shape index (κ3) is 4.51. The minimum absolute atomic E-state index is 0.0569. The number of likely N-dealkylation sites (tertiary alicyclic amines) is 1. The minimum atomic E-state index is 0.0569. The molecule has 0 aromatic rings. The zero-order chi connectivity index (χ0) is 11.1. The molecule has 4 heteroatoms. The highest BCUT2D eigenvalue weighted by molar-refractivity contribution is 5.74. The first-order valence-electron chi connectivity index (χ1n) is 5.78. The van der Waals surface area contributed by atoms with Gasteiger partial charge in [-0.1, -0.05) is 12.8 Å². The van der Waals surface area contributed by atoms with Crippen LogP contribution >= 0.6 is 0 Å². The van der Waals surface area contributed by atoms with E-state index in [2.05, 4.69) is 5.32 Å². The van der Waals surface area contributed by atoms with E-state index in [1.165, 1.54) is 12.8 Å². The topological polar surface area (TPSA) is 41.6 Å². The van der Waals surface area contributed by atoms with E-state index >= 15 is 0 Å². The number of ether oxygens (including phenoxy) is 1. The molecule has 0 bridgehead atoms. The summed E-state index contributed by atoms with van der Waals surface area (Å²) in [6.07, 6.45) is 4.76. The molecule has 1 unspecified atom stereocenters. The number of carbonyl (C=O) groups excluding carboxylic acids is 1. The van der Waals surface area contributed by atoms with Crippen LogP contribution in [-0.2, 0) is 4.74 Å². The number of nitrogens with one attached hydrogen (secondary N) is 1. The van der Waals surface area contributed by atoms with Gasteiger partial charge < -0.3 is 15.0 Å². The maximum atomic E-state index is 11.8. The van der Waals surface area contributed by atoms with E-state index in [1.54, 1.807) is 7.11 Å².